The maximum Gasteiger partial charge on any atom is 0.208 e. The van der Waals surface area contributed by atoms with Gasteiger partial charge in [-0.05, 0) is 18.9 Å². The zero-order chi connectivity index (χ0) is 18.4. The van der Waals surface area contributed by atoms with Gasteiger partial charge in [0.2, 0.25) is 10.0 Å². The molecular formula is C16H20N4O3S2. The third-order valence-corrected chi connectivity index (χ3v) is 4.82. The number of nitrogens with two attached hydrogens (primary N) is 1. The van der Waals surface area contributed by atoms with Gasteiger partial charge in [0, 0.05) is 23.9 Å². The number of aromatic nitrogens is 2. The summed E-state index contributed by atoms with van der Waals surface area (Å²) in [5, 5.41) is 0.481. The van der Waals surface area contributed by atoms with E-state index in [0.717, 1.165) is 17.5 Å². The number of nitrogens with zero attached hydrogens (tertiary/aromatic N) is 2. The Morgan fingerprint density at radius 3 is 2.52 bits per heavy atom. The number of aryl methyl sites for hydroxylation is 1. The van der Waals surface area contributed by atoms with Gasteiger partial charge >= 0.3 is 0 Å². The molecule has 0 aliphatic heterocycles. The van der Waals surface area contributed by atoms with E-state index in [2.05, 4.69) is 14.7 Å². The number of nitrogens with one attached hydrogen (secondary N) is 1. The number of carbonyl (C=O) groups excluding carboxylic acids is 1. The van der Waals surface area contributed by atoms with E-state index in [1.165, 1.54) is 11.8 Å². The fourth-order valence-electron chi connectivity index (χ4n) is 2.08. The number of nitrogen functional groups attached to an aromatic ring is 1. The Hall–Kier alpha value is -1.97. The minimum absolute atomic E-state index is 0.0329. The van der Waals surface area contributed by atoms with E-state index in [1.54, 1.807) is 18.2 Å². The van der Waals surface area contributed by atoms with Crippen LogP contribution in [0.3, 0.4) is 0 Å². The smallest absolute Gasteiger partial charge is 0.208 e. The Morgan fingerprint density at radius 2 is 1.92 bits per heavy atom. The molecule has 2 rings (SSSR count). The van der Waals surface area contributed by atoms with Crippen LogP contribution in [0.1, 0.15) is 21.6 Å². The number of thioether (sulfide) groups is 1. The van der Waals surface area contributed by atoms with E-state index in [9.17, 15) is 13.2 Å². The molecule has 0 radical (unpaired) electrons. The molecule has 0 spiro atoms. The fourth-order valence-corrected chi connectivity index (χ4v) is 3.36. The van der Waals surface area contributed by atoms with Crippen LogP contribution in [-0.4, -0.2) is 42.7 Å². The van der Waals surface area contributed by atoms with Crippen molar-refractivity contribution in [3.05, 3.63) is 47.2 Å². The molecule has 3 N–H and O–H groups in total. The number of Topliss-reactive ketones (excluding diaryl/α,β-unsaturated/α-hetero) is 1. The molecule has 0 aliphatic rings. The number of rotatable bonds is 8. The molecule has 1 aromatic heterocycles. The summed E-state index contributed by atoms with van der Waals surface area (Å²) in [6.07, 6.45) is 1.69. The van der Waals surface area contributed by atoms with Crippen LogP contribution in [0.2, 0.25) is 0 Å². The van der Waals surface area contributed by atoms with Crippen molar-refractivity contribution in [2.24, 2.45) is 0 Å². The molecule has 9 heteroatoms. The fraction of sp³-hybridized carbons (Fsp3) is 0.312. The first-order valence-corrected chi connectivity index (χ1v) is 10.4. The molecular weight excluding hydrogens is 360 g/mol. The van der Waals surface area contributed by atoms with Crippen molar-refractivity contribution in [3.8, 4) is 0 Å². The van der Waals surface area contributed by atoms with Crippen molar-refractivity contribution in [3.63, 3.8) is 0 Å². The van der Waals surface area contributed by atoms with Gasteiger partial charge in [0.25, 0.3) is 0 Å². The summed E-state index contributed by atoms with van der Waals surface area (Å²) < 4.78 is 24.5. The van der Waals surface area contributed by atoms with Gasteiger partial charge in [-0.25, -0.2) is 23.1 Å². The van der Waals surface area contributed by atoms with Gasteiger partial charge in [-0.15, -0.1) is 0 Å². The summed E-state index contributed by atoms with van der Waals surface area (Å²) >= 11 is 1.24. The maximum atomic E-state index is 12.2. The average molecular weight is 380 g/mol. The molecule has 0 atom stereocenters. The van der Waals surface area contributed by atoms with Crippen molar-refractivity contribution in [2.75, 3.05) is 24.3 Å². The van der Waals surface area contributed by atoms with Crippen molar-refractivity contribution in [1.82, 2.24) is 14.7 Å². The standard InChI is InChI=1S/C16H20N4O3S2/c1-11-9-15(17)20-16(19-11)24-10-14(21)13-5-3-12(4-6-13)7-8-18-25(2,22)23/h3-6,9,18H,7-8,10H2,1-2H3,(H2,17,19,20). The third-order valence-electron chi connectivity index (χ3n) is 3.24. The first kappa shape index (κ1) is 19.4. The minimum Gasteiger partial charge on any atom is -0.384 e. The summed E-state index contributed by atoms with van der Waals surface area (Å²) in [6.45, 7) is 2.15. The van der Waals surface area contributed by atoms with Gasteiger partial charge in [-0.1, -0.05) is 36.0 Å². The lowest BCUT2D eigenvalue weighted by atomic mass is 10.1. The number of anilines is 1. The van der Waals surface area contributed by atoms with E-state index >= 15 is 0 Å². The second kappa shape index (κ2) is 8.41. The minimum atomic E-state index is -3.18. The second-order valence-corrected chi connectivity index (χ2v) is 8.32. The SMILES string of the molecule is Cc1cc(N)nc(SCC(=O)c2ccc(CCNS(C)(=O)=O)cc2)n1. The van der Waals surface area contributed by atoms with Gasteiger partial charge in [0.1, 0.15) is 5.82 Å². The topological polar surface area (TPSA) is 115 Å². The molecule has 25 heavy (non-hydrogen) atoms. The lowest BCUT2D eigenvalue weighted by Crippen LogP contribution is -2.24. The Labute approximate surface area is 151 Å². The summed E-state index contributed by atoms with van der Waals surface area (Å²) in [4.78, 5) is 20.6. The van der Waals surface area contributed by atoms with E-state index in [0.29, 0.717) is 29.5 Å². The van der Waals surface area contributed by atoms with Gasteiger partial charge in [-0.3, -0.25) is 4.79 Å². The number of carbonyl (C=O) groups is 1. The van der Waals surface area contributed by atoms with Crippen molar-refractivity contribution >= 4 is 33.4 Å². The third kappa shape index (κ3) is 6.81. The number of hydrogen-bond acceptors (Lipinski definition) is 7. The van der Waals surface area contributed by atoms with Crippen LogP contribution >= 0.6 is 11.8 Å². The normalized spacial score (nSPS) is 11.4. The van der Waals surface area contributed by atoms with E-state index in [-0.39, 0.29) is 11.5 Å². The highest BCUT2D eigenvalue weighted by Gasteiger charge is 2.09. The van der Waals surface area contributed by atoms with Crippen LogP contribution in [0.4, 0.5) is 5.82 Å². The quantitative estimate of drug-likeness (QED) is 0.404. The molecule has 0 amide bonds. The second-order valence-electron chi connectivity index (χ2n) is 5.54. The highest BCUT2D eigenvalue weighted by Crippen LogP contribution is 2.17. The molecule has 0 bridgehead atoms. The number of ketones is 1. The van der Waals surface area contributed by atoms with Crippen LogP contribution in [-0.2, 0) is 16.4 Å². The van der Waals surface area contributed by atoms with E-state index in [1.807, 2.05) is 19.1 Å². The van der Waals surface area contributed by atoms with Crippen molar-refractivity contribution in [1.29, 1.82) is 0 Å². The van der Waals surface area contributed by atoms with Gasteiger partial charge in [0.05, 0.1) is 12.0 Å². The molecule has 0 saturated carbocycles. The van der Waals surface area contributed by atoms with Gasteiger partial charge in [-0.2, -0.15) is 0 Å². The van der Waals surface area contributed by atoms with E-state index in [4.69, 9.17) is 5.73 Å². The molecule has 1 aromatic carbocycles. The lowest BCUT2D eigenvalue weighted by Gasteiger charge is -2.05. The summed E-state index contributed by atoms with van der Waals surface area (Å²) in [6, 6.07) is 8.80. The zero-order valence-corrected chi connectivity index (χ0v) is 15.7. The van der Waals surface area contributed by atoms with Gasteiger partial charge in [0.15, 0.2) is 10.9 Å². The molecule has 7 nitrogen and oxygen atoms in total. The van der Waals surface area contributed by atoms with Crippen molar-refractivity contribution in [2.45, 2.75) is 18.5 Å². The average Bonchev–Trinajstić information content (AvgIpc) is 2.51. The number of sulfonamides is 1. The molecule has 0 fully saturated rings. The zero-order valence-electron chi connectivity index (χ0n) is 14.0. The number of hydrogen-bond donors (Lipinski definition) is 2. The molecule has 1 heterocycles. The van der Waals surface area contributed by atoms with Crippen LogP contribution in [0.15, 0.2) is 35.5 Å². The Bertz CT molecular complexity index is 832. The highest BCUT2D eigenvalue weighted by molar-refractivity contribution is 7.99. The number of benzene rings is 1. The Kier molecular flexibility index (Phi) is 6.51. The van der Waals surface area contributed by atoms with Crippen molar-refractivity contribution < 1.29 is 13.2 Å². The highest BCUT2D eigenvalue weighted by atomic mass is 32.2. The van der Waals surface area contributed by atoms with Crippen LogP contribution < -0.4 is 10.5 Å². The predicted octanol–water partition coefficient (Wildman–Crippen LogP) is 1.43. The van der Waals surface area contributed by atoms with Gasteiger partial charge < -0.3 is 5.73 Å². The van der Waals surface area contributed by atoms with Crippen LogP contribution in [0, 0.1) is 6.92 Å². The summed E-state index contributed by atoms with van der Waals surface area (Å²) in [5.41, 5.74) is 7.97. The molecule has 0 unspecified atom stereocenters. The lowest BCUT2D eigenvalue weighted by molar-refractivity contribution is 0.102. The van der Waals surface area contributed by atoms with Crippen LogP contribution in [0.25, 0.3) is 0 Å². The predicted molar refractivity (Wildman–Crippen MR) is 99.2 cm³/mol. The summed E-state index contributed by atoms with van der Waals surface area (Å²) in [5.74, 6) is 0.571. The molecule has 0 saturated heterocycles. The molecule has 2 aromatic rings. The maximum absolute atomic E-state index is 12.2. The Morgan fingerprint density at radius 1 is 1.24 bits per heavy atom. The molecule has 134 valence electrons. The monoisotopic (exact) mass is 380 g/mol. The largest absolute Gasteiger partial charge is 0.384 e. The van der Waals surface area contributed by atoms with E-state index < -0.39 is 10.0 Å². The first-order valence-electron chi connectivity index (χ1n) is 7.54. The first-order chi connectivity index (χ1) is 11.7. The molecule has 0 aliphatic carbocycles. The van der Waals surface area contributed by atoms with Crippen LogP contribution in [0.5, 0.6) is 0 Å². The summed E-state index contributed by atoms with van der Waals surface area (Å²) in [7, 11) is -3.18. The Balaban J connectivity index is 1.89.